The average Bonchev–Trinajstić information content (AvgIpc) is 1.72. The van der Waals surface area contributed by atoms with Crippen LogP contribution in [0.5, 0.6) is 0 Å². The van der Waals surface area contributed by atoms with E-state index in [9.17, 15) is 28.8 Å². The number of benzene rings is 8. The van der Waals surface area contributed by atoms with Crippen LogP contribution in [-0.2, 0) is 149 Å². The molecule has 12 aromatic rings. The maximum absolute atomic E-state index is 10.0. The summed E-state index contributed by atoms with van der Waals surface area (Å²) in [6.45, 7) is 14.9. The Kier molecular flexibility index (Phi) is 49.0. The van der Waals surface area contributed by atoms with Crippen molar-refractivity contribution in [2.24, 2.45) is 0 Å². The molecule has 0 aliphatic carbocycles. The van der Waals surface area contributed by atoms with Gasteiger partial charge in [0.2, 0.25) is 0 Å². The number of carbonyl (C=O) groups is 6. The third-order valence-corrected chi connectivity index (χ3v) is 12.2. The first-order valence-corrected chi connectivity index (χ1v) is 31.0. The predicted molar refractivity (Wildman–Crippen MR) is 400 cm³/mol. The van der Waals surface area contributed by atoms with E-state index in [4.69, 9.17) is 39.2 Å². The summed E-state index contributed by atoms with van der Waals surface area (Å²) in [6.07, 6.45) is 14.9. The molecule has 25 heteroatoms. The first kappa shape index (κ1) is 97.0. The number of rotatable bonds is 9. The van der Waals surface area contributed by atoms with Gasteiger partial charge in [-0.05, 0) is 153 Å². The number of furan rings is 1. The van der Waals surface area contributed by atoms with Crippen molar-refractivity contribution in [1.82, 2.24) is 29.9 Å². The van der Waals surface area contributed by atoms with Crippen LogP contribution in [-0.4, -0.2) is 95.2 Å². The van der Waals surface area contributed by atoms with Crippen molar-refractivity contribution in [1.29, 1.82) is 0 Å². The van der Waals surface area contributed by atoms with Crippen LogP contribution in [0, 0.1) is 43.3 Å². The molecule has 0 saturated heterocycles. The van der Waals surface area contributed by atoms with E-state index in [-0.39, 0.29) is 195 Å². The molecule has 6 N–H and O–H groups in total. The largest absolute Gasteiger partial charge is 0.546 e. The molecule has 19 nitrogen and oxygen atoms in total. The van der Waals surface area contributed by atoms with Gasteiger partial charge in [0.05, 0.1) is 40.1 Å². The van der Waals surface area contributed by atoms with E-state index < -0.39 is 6.85 Å². The zero-order valence-corrected chi connectivity index (χ0v) is 74.6. The van der Waals surface area contributed by atoms with Crippen LogP contribution in [0.1, 0.15) is 92.8 Å². The summed E-state index contributed by atoms with van der Waals surface area (Å²) in [5.74, 6) is 1.32. The maximum Gasteiger partial charge on any atom is 0.155 e. The van der Waals surface area contributed by atoms with Gasteiger partial charge in [-0.2, -0.15) is 27.6 Å². The van der Waals surface area contributed by atoms with Crippen LogP contribution in [0.2, 0.25) is 0 Å². The number of hydrogen-bond acceptors (Lipinski definition) is 19. The number of hydrogen-bond donors (Lipinski definition) is 6. The molecule has 8 aromatic carbocycles. The Hall–Kier alpha value is -9.00. The molecule has 4 heterocycles. The molecule has 0 aliphatic heterocycles. The number of aromatic nitrogens is 6. The second kappa shape index (κ2) is 54.6. The first-order chi connectivity index (χ1) is 49.6. The Labute approximate surface area is 713 Å². The number of carbonyl (C=O) groups excluding carboxylic acids is 6. The molecule has 0 atom stereocenters. The van der Waals surface area contributed by atoms with Crippen molar-refractivity contribution in [3.05, 3.63) is 277 Å². The fraction of sp³-hybridized carbons (Fsp3) is 0.157. The number of ketones is 6. The normalized spacial score (nSPS) is 11.1. The molecule has 4 aromatic heterocycles. The summed E-state index contributed by atoms with van der Waals surface area (Å²) in [4.78, 5) is 85.9. The van der Waals surface area contributed by atoms with Gasteiger partial charge in [0.15, 0.2) is 34.7 Å². The van der Waals surface area contributed by atoms with Crippen molar-refractivity contribution < 1.29 is 189 Å². The summed E-state index contributed by atoms with van der Waals surface area (Å²) in [6, 6.07) is 63.2. The Bertz CT molecular complexity index is 4890. The fourth-order valence-corrected chi connectivity index (χ4v) is 8.61. The predicted octanol–water partition coefficient (Wildman–Crippen LogP) is 18.3. The van der Waals surface area contributed by atoms with Crippen LogP contribution < -0.4 is 0 Å². The molecule has 6 radical (unpaired) electrons. The molecule has 108 heavy (non-hydrogen) atoms. The number of nitrogens with zero attached hydrogens (tertiary/aromatic N) is 6. The van der Waals surface area contributed by atoms with E-state index in [2.05, 4.69) is 90.6 Å². The SMILES string of the molecule is CC(=O)C=C(C)O.CC(=O)C=C(C)O.CC(=O)C=C(C)O.CC(=O)C=C(C)O.CC(=O)C=C(C)O.CC(=O)C=C(C)O.[2H]C([2H])([2H])c1cnc(-c2[c-]cc3oc4ccccc4c3[c-]2)nc1.[Ir].[Ir].[Ir].[Ir].[Ir].[Ir].[c-]1cc2ccc3ccccc3c2[c-]c1-c1ncccn1.[c-]1cc2ccccc2[c-]c1-c1ncc2ccccc2n1. The summed E-state index contributed by atoms with van der Waals surface area (Å²) in [7, 11) is 0. The first-order valence-electron chi connectivity index (χ1n) is 32.5. The minimum Gasteiger partial charge on any atom is -0.546 e. The van der Waals surface area contributed by atoms with Gasteiger partial charge >= 0.3 is 0 Å². The number of allylic oxidation sites excluding steroid dienone is 12. The van der Waals surface area contributed by atoms with Crippen LogP contribution in [0.15, 0.2) is 240 Å². The zero-order chi connectivity index (χ0) is 77.9. The van der Waals surface area contributed by atoms with Crippen LogP contribution in [0.25, 0.3) is 99.3 Å². The number of aliphatic hydroxyl groups excluding tert-OH is 6. The van der Waals surface area contributed by atoms with Crippen molar-refractivity contribution in [3.8, 4) is 34.2 Å². The van der Waals surface area contributed by atoms with E-state index in [0.717, 1.165) is 59.9 Å². The van der Waals surface area contributed by atoms with Gasteiger partial charge in [0.1, 0.15) is 5.58 Å². The van der Waals surface area contributed by atoms with Crippen molar-refractivity contribution >= 4 is 99.9 Å². The number of fused-ring (bicyclic) bond motifs is 8. The van der Waals surface area contributed by atoms with Gasteiger partial charge in [-0.1, -0.05) is 84.9 Å². The third kappa shape index (κ3) is 39.7. The maximum atomic E-state index is 10.0. The molecule has 0 bridgehead atoms. The van der Waals surface area contributed by atoms with Crippen molar-refractivity contribution in [2.45, 2.75) is 89.9 Å². The van der Waals surface area contributed by atoms with Gasteiger partial charge in [-0.3, -0.25) is 65.2 Å². The van der Waals surface area contributed by atoms with Gasteiger partial charge in [0, 0.05) is 198 Å². The number of aliphatic hydroxyl groups is 6. The van der Waals surface area contributed by atoms with Gasteiger partial charge < -0.3 is 65.0 Å². The standard InChI is InChI=1S/2C18H10N2.C17H10N2O.6C5H8O2.6Ir/c1-2-6-14-11-15(10-9-13(14)5-1)18-19-12-16-7-3-4-8-17(16)20-18;1-2-5-16-13(4-1)6-7-14-8-9-15(12-17(14)16)18-19-10-3-11-20-18;1-11-9-18-17(19-10-11)12-6-7-16-14(8-12)13-4-2-3-5-15(13)20-16;6*1-4(6)3-5(2)7;;;;;;/h1-9,12H;1-8,10-11H;2-5,7,9-10H,1H3;6*3,6H,1-2H3;;;;;;/q3*-2;;;;;;;;;;;;/i;;1D3;;;;;;;;;;;;. The second-order valence-corrected chi connectivity index (χ2v) is 22.0. The van der Waals surface area contributed by atoms with Gasteiger partial charge in [-0.15, -0.1) is 17.5 Å². The Morgan fingerprint density at radius 2 is 0.731 bits per heavy atom. The number of para-hydroxylation sites is 2. The molecule has 0 aliphatic rings. The molecule has 12 rings (SSSR count). The molecule has 0 amide bonds. The third-order valence-electron chi connectivity index (χ3n) is 12.2. The van der Waals surface area contributed by atoms with Crippen LogP contribution >= 0.6 is 0 Å². The summed E-state index contributed by atoms with van der Waals surface area (Å²) < 4.78 is 27.8. The molecule has 0 spiro atoms. The van der Waals surface area contributed by atoms with E-state index in [0.29, 0.717) is 28.6 Å². The smallest absolute Gasteiger partial charge is 0.155 e. The molecule has 578 valence electrons. The van der Waals surface area contributed by atoms with Gasteiger partial charge in [0.25, 0.3) is 0 Å². The monoisotopic (exact) mass is 2530 g/mol. The molecule has 0 fully saturated rings. The summed E-state index contributed by atoms with van der Waals surface area (Å²) >= 11 is 0. The van der Waals surface area contributed by atoms with Crippen LogP contribution in [0.3, 0.4) is 0 Å². The van der Waals surface area contributed by atoms with E-state index in [1.165, 1.54) is 143 Å². The quantitative estimate of drug-likeness (QED) is 0.0338. The molecule has 0 unspecified atom stereocenters. The Morgan fingerprint density at radius 3 is 1.19 bits per heavy atom. The molecular formula is C83H78Ir6N6O13-6. The number of aryl methyl sites for hydroxylation is 1. The Morgan fingerprint density at radius 1 is 0.361 bits per heavy atom. The average molecular weight is 2520 g/mol. The minimum absolute atomic E-state index is 0. The van der Waals surface area contributed by atoms with E-state index in [1.54, 1.807) is 24.5 Å². The fourth-order valence-electron chi connectivity index (χ4n) is 8.61. The minimum atomic E-state index is -2.21. The second-order valence-electron chi connectivity index (χ2n) is 22.0. The van der Waals surface area contributed by atoms with Crippen LogP contribution in [0.4, 0.5) is 0 Å². The Balaban J connectivity index is -0.00000124. The van der Waals surface area contributed by atoms with Crippen molar-refractivity contribution in [3.63, 3.8) is 0 Å². The molecular weight excluding hydrogens is 2440 g/mol. The van der Waals surface area contributed by atoms with Gasteiger partial charge in [-0.25, -0.2) is 28.8 Å². The van der Waals surface area contributed by atoms with E-state index in [1.807, 2.05) is 103 Å². The van der Waals surface area contributed by atoms with E-state index >= 15 is 0 Å². The summed E-state index contributed by atoms with van der Waals surface area (Å²) in [5, 5.41) is 59.8. The van der Waals surface area contributed by atoms with Crippen molar-refractivity contribution in [2.75, 3.05) is 0 Å². The molecule has 0 saturated carbocycles. The zero-order valence-electron chi connectivity index (χ0n) is 63.3. The topological polar surface area (TPSA) is 314 Å². The summed E-state index contributed by atoms with van der Waals surface area (Å²) in [5.41, 5.74) is 4.69.